The molecule has 0 amide bonds. The molecule has 0 spiro atoms. The predicted octanol–water partition coefficient (Wildman–Crippen LogP) is 5.54. The fourth-order valence-corrected chi connectivity index (χ4v) is 2.84. The van der Waals surface area contributed by atoms with Gasteiger partial charge < -0.3 is 9.47 Å². The molecule has 3 heteroatoms. The molecular weight excluding hydrogens is 336 g/mol. The second kappa shape index (κ2) is 8.86. The number of ether oxygens (including phenoxy) is 2. The Labute approximate surface area is 159 Å². The normalized spacial score (nSPS) is 12.3. The zero-order valence-corrected chi connectivity index (χ0v) is 15.5. The zero-order chi connectivity index (χ0) is 19.1. The van der Waals surface area contributed by atoms with Crippen LogP contribution in [0.4, 0.5) is 0 Å². The van der Waals surface area contributed by atoms with Crippen molar-refractivity contribution in [1.29, 1.82) is 0 Å². The van der Waals surface area contributed by atoms with Gasteiger partial charge in [-0.15, -0.1) is 0 Å². The van der Waals surface area contributed by atoms with Crippen molar-refractivity contribution in [2.75, 3.05) is 7.11 Å². The van der Waals surface area contributed by atoms with Crippen LogP contribution in [0.3, 0.4) is 0 Å². The third-order valence-corrected chi connectivity index (χ3v) is 4.30. The lowest BCUT2D eigenvalue weighted by atomic mass is 10.0. The lowest BCUT2D eigenvalue weighted by Gasteiger charge is -2.16. The number of hydrogen-bond acceptors (Lipinski definition) is 3. The fraction of sp³-hybridized carbons (Fsp3) is 0.125. The van der Waals surface area contributed by atoms with Gasteiger partial charge in [-0.1, -0.05) is 78.9 Å². The number of para-hydroxylation sites is 1. The van der Waals surface area contributed by atoms with Crippen LogP contribution in [0.5, 0.6) is 5.75 Å². The molecule has 0 aliphatic rings. The van der Waals surface area contributed by atoms with E-state index in [0.717, 1.165) is 16.7 Å². The Balaban J connectivity index is 1.95. The summed E-state index contributed by atoms with van der Waals surface area (Å²) in [6, 6.07) is 26.8. The van der Waals surface area contributed by atoms with Crippen LogP contribution in [-0.4, -0.2) is 13.1 Å². The topological polar surface area (TPSA) is 35.5 Å². The monoisotopic (exact) mass is 358 g/mol. The van der Waals surface area contributed by atoms with Crippen LogP contribution in [0.15, 0.2) is 84.9 Å². The van der Waals surface area contributed by atoms with Gasteiger partial charge in [0, 0.05) is 5.56 Å². The summed E-state index contributed by atoms with van der Waals surface area (Å²) in [5.41, 5.74) is 3.07. The van der Waals surface area contributed by atoms with Crippen LogP contribution < -0.4 is 4.74 Å². The molecule has 0 saturated heterocycles. The lowest BCUT2D eigenvalue weighted by molar-refractivity contribution is -0.141. The van der Waals surface area contributed by atoms with Crippen molar-refractivity contribution in [1.82, 2.24) is 0 Å². The standard InChI is InChI=1S/C24H22O3/c1-18(19-11-5-3-6-12-19)27-24(25)22(20-13-7-4-8-14-20)17-21-15-9-10-16-23(21)26-2/h3-18H,1-2H3/b22-17+. The summed E-state index contributed by atoms with van der Waals surface area (Å²) in [7, 11) is 1.62. The molecule has 0 aromatic heterocycles. The molecule has 1 unspecified atom stereocenters. The predicted molar refractivity (Wildman–Crippen MR) is 108 cm³/mol. The highest BCUT2D eigenvalue weighted by Gasteiger charge is 2.18. The quantitative estimate of drug-likeness (QED) is 0.330. The van der Waals surface area contributed by atoms with Crippen LogP contribution >= 0.6 is 0 Å². The van der Waals surface area contributed by atoms with Crippen LogP contribution in [0.2, 0.25) is 0 Å². The van der Waals surface area contributed by atoms with Gasteiger partial charge in [-0.3, -0.25) is 0 Å². The third kappa shape index (κ3) is 4.64. The number of esters is 1. The Morgan fingerprint density at radius 1 is 0.852 bits per heavy atom. The Morgan fingerprint density at radius 3 is 2.11 bits per heavy atom. The van der Waals surface area contributed by atoms with E-state index < -0.39 is 0 Å². The number of methoxy groups -OCH3 is 1. The van der Waals surface area contributed by atoms with E-state index in [2.05, 4.69) is 0 Å². The molecule has 0 aliphatic heterocycles. The molecule has 1 atom stereocenters. The Bertz CT molecular complexity index is 915. The van der Waals surface area contributed by atoms with Gasteiger partial charge in [0.05, 0.1) is 12.7 Å². The van der Waals surface area contributed by atoms with Crippen LogP contribution in [0, 0.1) is 0 Å². The van der Waals surface area contributed by atoms with Gasteiger partial charge in [0.25, 0.3) is 0 Å². The van der Waals surface area contributed by atoms with Crippen LogP contribution in [-0.2, 0) is 9.53 Å². The molecule has 0 heterocycles. The maximum Gasteiger partial charge on any atom is 0.339 e. The molecular formula is C24H22O3. The number of carbonyl (C=O) groups is 1. The van der Waals surface area contributed by atoms with Crippen molar-refractivity contribution in [3.8, 4) is 5.75 Å². The summed E-state index contributed by atoms with van der Waals surface area (Å²) in [4.78, 5) is 13.0. The minimum absolute atomic E-state index is 0.344. The summed E-state index contributed by atoms with van der Waals surface area (Å²) in [5.74, 6) is 0.332. The third-order valence-electron chi connectivity index (χ3n) is 4.30. The SMILES string of the molecule is COc1ccccc1/C=C(/C(=O)OC(C)c1ccccc1)c1ccccc1. The maximum atomic E-state index is 13.0. The lowest BCUT2D eigenvalue weighted by Crippen LogP contribution is -2.11. The van der Waals surface area contributed by atoms with Crippen molar-refractivity contribution in [2.45, 2.75) is 13.0 Å². The summed E-state index contributed by atoms with van der Waals surface area (Å²) in [6.07, 6.45) is 1.47. The number of rotatable bonds is 6. The summed E-state index contributed by atoms with van der Waals surface area (Å²) >= 11 is 0. The second-order valence-corrected chi connectivity index (χ2v) is 6.12. The Morgan fingerprint density at radius 2 is 1.44 bits per heavy atom. The van der Waals surface area contributed by atoms with Gasteiger partial charge in [0.1, 0.15) is 11.9 Å². The van der Waals surface area contributed by atoms with Gasteiger partial charge >= 0.3 is 5.97 Å². The molecule has 0 bridgehead atoms. The van der Waals surface area contributed by atoms with E-state index in [-0.39, 0.29) is 12.1 Å². The highest BCUT2D eigenvalue weighted by atomic mass is 16.5. The van der Waals surface area contributed by atoms with Gasteiger partial charge in [0.15, 0.2) is 0 Å². The number of hydrogen-bond donors (Lipinski definition) is 0. The molecule has 3 aromatic rings. The number of carbonyl (C=O) groups excluding carboxylic acids is 1. The van der Waals surface area contributed by atoms with E-state index in [0.29, 0.717) is 11.3 Å². The first-order chi connectivity index (χ1) is 13.2. The first kappa shape index (κ1) is 18.5. The van der Waals surface area contributed by atoms with Crippen molar-refractivity contribution in [3.05, 3.63) is 102 Å². The van der Waals surface area contributed by atoms with Gasteiger partial charge in [-0.05, 0) is 30.2 Å². The zero-order valence-electron chi connectivity index (χ0n) is 15.5. The average Bonchev–Trinajstić information content (AvgIpc) is 2.73. The Kier molecular flexibility index (Phi) is 6.06. The maximum absolute atomic E-state index is 13.0. The summed E-state index contributed by atoms with van der Waals surface area (Å²) in [5, 5.41) is 0. The van der Waals surface area contributed by atoms with E-state index in [1.165, 1.54) is 0 Å². The summed E-state index contributed by atoms with van der Waals surface area (Å²) < 4.78 is 11.2. The van der Waals surface area contributed by atoms with Gasteiger partial charge in [-0.2, -0.15) is 0 Å². The largest absolute Gasteiger partial charge is 0.496 e. The first-order valence-corrected chi connectivity index (χ1v) is 8.85. The molecule has 0 aliphatic carbocycles. The number of benzene rings is 3. The molecule has 136 valence electrons. The van der Waals surface area contributed by atoms with Crippen LogP contribution in [0.25, 0.3) is 11.6 Å². The van der Waals surface area contributed by atoms with Crippen LogP contribution in [0.1, 0.15) is 29.7 Å². The highest BCUT2D eigenvalue weighted by molar-refractivity contribution is 6.21. The van der Waals surface area contributed by atoms with Crippen molar-refractivity contribution < 1.29 is 14.3 Å². The fourth-order valence-electron chi connectivity index (χ4n) is 2.84. The minimum Gasteiger partial charge on any atom is -0.496 e. The molecule has 3 rings (SSSR count). The van der Waals surface area contributed by atoms with Crippen molar-refractivity contribution in [3.63, 3.8) is 0 Å². The molecule has 3 nitrogen and oxygen atoms in total. The Hall–Kier alpha value is -3.33. The highest BCUT2D eigenvalue weighted by Crippen LogP contribution is 2.27. The van der Waals surface area contributed by atoms with E-state index in [4.69, 9.17) is 9.47 Å². The van der Waals surface area contributed by atoms with Gasteiger partial charge in [0.2, 0.25) is 0 Å². The second-order valence-electron chi connectivity index (χ2n) is 6.12. The molecule has 0 N–H and O–H groups in total. The first-order valence-electron chi connectivity index (χ1n) is 8.85. The molecule has 0 saturated carbocycles. The molecule has 3 aromatic carbocycles. The molecule has 0 radical (unpaired) electrons. The van der Waals surface area contributed by atoms with E-state index in [1.807, 2.05) is 97.9 Å². The van der Waals surface area contributed by atoms with E-state index in [9.17, 15) is 4.79 Å². The van der Waals surface area contributed by atoms with Crippen molar-refractivity contribution >= 4 is 17.6 Å². The molecule has 0 fully saturated rings. The minimum atomic E-state index is -0.372. The van der Waals surface area contributed by atoms with Crippen molar-refractivity contribution in [2.24, 2.45) is 0 Å². The van der Waals surface area contributed by atoms with Gasteiger partial charge in [-0.25, -0.2) is 4.79 Å². The summed E-state index contributed by atoms with van der Waals surface area (Å²) in [6.45, 7) is 1.87. The average molecular weight is 358 g/mol. The molecule has 27 heavy (non-hydrogen) atoms. The van der Waals surface area contributed by atoms with E-state index >= 15 is 0 Å². The smallest absolute Gasteiger partial charge is 0.339 e. The van der Waals surface area contributed by atoms with E-state index in [1.54, 1.807) is 7.11 Å².